The van der Waals surface area contributed by atoms with Crippen molar-refractivity contribution in [1.82, 2.24) is 9.55 Å². The van der Waals surface area contributed by atoms with Gasteiger partial charge in [0.25, 0.3) is 5.56 Å². The summed E-state index contributed by atoms with van der Waals surface area (Å²) in [5.74, 6) is 0. The molecular weight excluding hydrogens is 260 g/mol. The summed E-state index contributed by atoms with van der Waals surface area (Å²) in [5.41, 5.74) is 0.836. The molecular formula is C10H9BrN2O2. The minimum atomic E-state index is -0.406. The Hall–Kier alpha value is -1.36. The predicted molar refractivity (Wildman–Crippen MR) is 62.2 cm³/mol. The number of H-pyrrole nitrogens is 1. The number of rotatable bonds is 0. The molecule has 0 aliphatic carbocycles. The average molecular weight is 269 g/mol. The Bertz CT molecular complexity index is 655. The van der Waals surface area contributed by atoms with Crippen molar-refractivity contribution < 1.29 is 0 Å². The van der Waals surface area contributed by atoms with Gasteiger partial charge in [-0.2, -0.15) is 0 Å². The Kier molecular flexibility index (Phi) is 2.26. The van der Waals surface area contributed by atoms with Gasteiger partial charge in [-0.25, -0.2) is 4.79 Å². The molecule has 0 saturated carbocycles. The molecule has 0 radical (unpaired) electrons. The summed E-state index contributed by atoms with van der Waals surface area (Å²) in [7, 11) is 1.46. The molecule has 2 aromatic rings. The number of halogens is 1. The monoisotopic (exact) mass is 268 g/mol. The summed E-state index contributed by atoms with van der Waals surface area (Å²) in [6.45, 7) is 1.90. The van der Waals surface area contributed by atoms with E-state index in [1.807, 2.05) is 13.0 Å². The lowest BCUT2D eigenvalue weighted by molar-refractivity contribution is 0.793. The van der Waals surface area contributed by atoms with Gasteiger partial charge in [0.1, 0.15) is 0 Å². The average Bonchev–Trinajstić information content (AvgIpc) is 2.17. The quantitative estimate of drug-likeness (QED) is 0.783. The fourth-order valence-electron chi connectivity index (χ4n) is 1.50. The highest BCUT2D eigenvalue weighted by atomic mass is 79.9. The van der Waals surface area contributed by atoms with E-state index in [0.717, 1.165) is 14.6 Å². The van der Waals surface area contributed by atoms with Gasteiger partial charge in [-0.05, 0) is 40.5 Å². The Balaban J connectivity index is 3.13. The van der Waals surface area contributed by atoms with Crippen LogP contribution in [0.3, 0.4) is 0 Å². The molecule has 0 unspecified atom stereocenters. The molecule has 4 nitrogen and oxygen atoms in total. The summed E-state index contributed by atoms with van der Waals surface area (Å²) in [6.07, 6.45) is 0. The number of aromatic amines is 1. The van der Waals surface area contributed by atoms with Crippen LogP contribution < -0.4 is 11.2 Å². The molecule has 2 rings (SSSR count). The van der Waals surface area contributed by atoms with Crippen molar-refractivity contribution in [2.24, 2.45) is 7.05 Å². The van der Waals surface area contributed by atoms with Crippen LogP contribution in [-0.4, -0.2) is 9.55 Å². The summed E-state index contributed by atoms with van der Waals surface area (Å²) < 4.78 is 1.79. The van der Waals surface area contributed by atoms with Gasteiger partial charge in [0.05, 0.1) is 10.9 Å². The Labute approximate surface area is 93.7 Å². The number of aryl methyl sites for hydroxylation is 1. The van der Waals surface area contributed by atoms with Crippen LogP contribution in [0.25, 0.3) is 10.9 Å². The molecule has 0 bridgehead atoms. The van der Waals surface area contributed by atoms with Crippen LogP contribution in [0.2, 0.25) is 0 Å². The van der Waals surface area contributed by atoms with Crippen molar-refractivity contribution >= 4 is 26.8 Å². The topological polar surface area (TPSA) is 54.9 Å². The second-order valence-electron chi connectivity index (χ2n) is 3.46. The van der Waals surface area contributed by atoms with Crippen molar-refractivity contribution in [3.05, 3.63) is 43.0 Å². The molecule has 78 valence electrons. The molecule has 1 N–H and O–H groups in total. The number of fused-ring (bicyclic) bond motifs is 1. The normalized spacial score (nSPS) is 10.9. The standard InChI is InChI=1S/C10H9BrN2O2/c1-5-3-6-8(7(11)4-5)12-10(15)13(2)9(6)14/h3-4H,1-2H3,(H,12,15). The molecule has 0 atom stereocenters. The fourth-order valence-corrected chi connectivity index (χ4v) is 2.18. The number of benzene rings is 1. The molecule has 0 amide bonds. The van der Waals surface area contributed by atoms with Gasteiger partial charge in [0.15, 0.2) is 0 Å². The second kappa shape index (κ2) is 3.34. The van der Waals surface area contributed by atoms with E-state index in [9.17, 15) is 9.59 Å². The van der Waals surface area contributed by atoms with Crippen LogP contribution in [0, 0.1) is 6.92 Å². The summed E-state index contributed by atoms with van der Waals surface area (Å²) >= 11 is 3.32. The third-order valence-electron chi connectivity index (χ3n) is 2.31. The van der Waals surface area contributed by atoms with Crippen LogP contribution in [0.5, 0.6) is 0 Å². The number of hydrogen-bond donors (Lipinski definition) is 1. The SMILES string of the molecule is Cc1cc(Br)c2[nH]c(=O)n(C)c(=O)c2c1. The lowest BCUT2D eigenvalue weighted by Crippen LogP contribution is -2.32. The number of hydrogen-bond acceptors (Lipinski definition) is 2. The highest BCUT2D eigenvalue weighted by Gasteiger charge is 2.07. The van der Waals surface area contributed by atoms with E-state index in [0.29, 0.717) is 10.9 Å². The van der Waals surface area contributed by atoms with Gasteiger partial charge < -0.3 is 4.98 Å². The van der Waals surface area contributed by atoms with E-state index in [1.165, 1.54) is 7.05 Å². The van der Waals surface area contributed by atoms with E-state index in [4.69, 9.17) is 0 Å². The maximum Gasteiger partial charge on any atom is 0.328 e. The molecule has 1 aromatic heterocycles. The Morgan fingerprint density at radius 1 is 1.33 bits per heavy atom. The van der Waals surface area contributed by atoms with Crippen LogP contribution in [-0.2, 0) is 7.05 Å². The number of nitrogens with zero attached hydrogens (tertiary/aromatic N) is 1. The Morgan fingerprint density at radius 3 is 2.67 bits per heavy atom. The molecule has 1 aromatic carbocycles. The zero-order valence-electron chi connectivity index (χ0n) is 8.30. The zero-order valence-corrected chi connectivity index (χ0v) is 9.88. The van der Waals surface area contributed by atoms with Crippen molar-refractivity contribution in [1.29, 1.82) is 0 Å². The van der Waals surface area contributed by atoms with Crippen LogP contribution in [0.4, 0.5) is 0 Å². The smallest absolute Gasteiger partial charge is 0.306 e. The van der Waals surface area contributed by atoms with Gasteiger partial charge in [0.2, 0.25) is 0 Å². The highest BCUT2D eigenvalue weighted by Crippen LogP contribution is 2.20. The largest absolute Gasteiger partial charge is 0.328 e. The molecule has 0 aliphatic rings. The van der Waals surface area contributed by atoms with E-state index in [2.05, 4.69) is 20.9 Å². The highest BCUT2D eigenvalue weighted by molar-refractivity contribution is 9.10. The fraction of sp³-hybridized carbons (Fsp3) is 0.200. The third kappa shape index (κ3) is 1.52. The second-order valence-corrected chi connectivity index (χ2v) is 4.32. The first-order chi connectivity index (χ1) is 7.00. The first kappa shape index (κ1) is 10.2. The van der Waals surface area contributed by atoms with E-state index in [-0.39, 0.29) is 5.56 Å². The van der Waals surface area contributed by atoms with Crippen LogP contribution >= 0.6 is 15.9 Å². The predicted octanol–water partition coefficient (Wildman–Crippen LogP) is 1.30. The molecule has 1 heterocycles. The van der Waals surface area contributed by atoms with Crippen molar-refractivity contribution in [3.8, 4) is 0 Å². The minimum Gasteiger partial charge on any atom is -0.306 e. The number of aromatic nitrogens is 2. The first-order valence-electron chi connectivity index (χ1n) is 4.40. The Morgan fingerprint density at radius 2 is 2.00 bits per heavy atom. The number of nitrogens with one attached hydrogen (secondary N) is 1. The summed E-state index contributed by atoms with van der Waals surface area (Å²) in [6, 6.07) is 3.62. The third-order valence-corrected chi connectivity index (χ3v) is 2.93. The van der Waals surface area contributed by atoms with Gasteiger partial charge in [-0.3, -0.25) is 9.36 Å². The summed E-state index contributed by atoms with van der Waals surface area (Å²) in [4.78, 5) is 25.8. The first-order valence-corrected chi connectivity index (χ1v) is 5.19. The molecule has 5 heteroatoms. The van der Waals surface area contributed by atoms with Crippen molar-refractivity contribution in [2.75, 3.05) is 0 Å². The lowest BCUT2D eigenvalue weighted by atomic mass is 10.2. The van der Waals surface area contributed by atoms with E-state index in [1.54, 1.807) is 6.07 Å². The lowest BCUT2D eigenvalue weighted by Gasteiger charge is -2.03. The van der Waals surface area contributed by atoms with Crippen molar-refractivity contribution in [2.45, 2.75) is 6.92 Å². The van der Waals surface area contributed by atoms with E-state index < -0.39 is 5.69 Å². The minimum absolute atomic E-state index is 0.279. The molecule has 15 heavy (non-hydrogen) atoms. The zero-order chi connectivity index (χ0) is 11.2. The van der Waals surface area contributed by atoms with Crippen LogP contribution in [0.1, 0.15) is 5.56 Å². The van der Waals surface area contributed by atoms with Gasteiger partial charge >= 0.3 is 5.69 Å². The molecule has 0 spiro atoms. The van der Waals surface area contributed by atoms with Crippen molar-refractivity contribution in [3.63, 3.8) is 0 Å². The molecule has 0 fully saturated rings. The maximum atomic E-state index is 11.8. The molecule has 0 aliphatic heterocycles. The van der Waals surface area contributed by atoms with Gasteiger partial charge in [-0.1, -0.05) is 0 Å². The maximum absolute atomic E-state index is 11.8. The van der Waals surface area contributed by atoms with E-state index >= 15 is 0 Å². The molecule has 0 saturated heterocycles. The van der Waals surface area contributed by atoms with Gasteiger partial charge in [-0.15, -0.1) is 0 Å². The van der Waals surface area contributed by atoms with Gasteiger partial charge in [0, 0.05) is 11.5 Å². The summed E-state index contributed by atoms with van der Waals surface area (Å²) in [5, 5.41) is 0.518. The van der Waals surface area contributed by atoms with Crippen LogP contribution in [0.15, 0.2) is 26.2 Å².